The molecular weight excluding hydrogens is 268 g/mol. The summed E-state index contributed by atoms with van der Waals surface area (Å²) in [7, 11) is 1.51. The minimum absolute atomic E-state index is 0.0138. The highest BCUT2D eigenvalue weighted by molar-refractivity contribution is 5.98. The van der Waals surface area contributed by atoms with Crippen LogP contribution in [-0.2, 0) is 6.54 Å². The average Bonchev–Trinajstić information content (AvgIpc) is 2.53. The predicted octanol–water partition coefficient (Wildman–Crippen LogP) is 2.15. The van der Waals surface area contributed by atoms with E-state index in [0.717, 1.165) is 5.69 Å². The molecule has 0 radical (unpaired) electrons. The van der Waals surface area contributed by atoms with E-state index in [1.165, 1.54) is 7.11 Å². The van der Waals surface area contributed by atoms with Gasteiger partial charge in [0, 0.05) is 23.4 Å². The van der Waals surface area contributed by atoms with E-state index in [-0.39, 0.29) is 18.1 Å². The normalized spacial score (nSPS) is 10.2. The number of hydrogen-bond donors (Lipinski definition) is 3. The lowest BCUT2D eigenvalue weighted by Crippen LogP contribution is -2.13. The number of para-hydroxylation sites is 1. The molecular formula is C16H18N2O3. The fourth-order valence-electron chi connectivity index (χ4n) is 1.99. The molecule has 2 rings (SSSR count). The van der Waals surface area contributed by atoms with Gasteiger partial charge < -0.3 is 20.9 Å². The Kier molecular flexibility index (Phi) is 4.79. The van der Waals surface area contributed by atoms with Crippen molar-refractivity contribution in [2.45, 2.75) is 6.54 Å². The van der Waals surface area contributed by atoms with Crippen molar-refractivity contribution < 1.29 is 14.6 Å². The molecule has 0 atom stereocenters. The number of nitrogens with two attached hydrogens (primary N) is 1. The van der Waals surface area contributed by atoms with Crippen LogP contribution in [0.15, 0.2) is 42.5 Å². The maximum Gasteiger partial charge on any atom is 0.176 e. The van der Waals surface area contributed by atoms with Crippen LogP contribution in [0.25, 0.3) is 0 Å². The standard InChI is InChI=1S/C16H18N2O3/c1-21-15-7-3-5-12(16(15)20)10-18-13-6-2-4-11(8-13)14(19)9-17/h2-8,18,20H,9-10,17H2,1H3. The van der Waals surface area contributed by atoms with Gasteiger partial charge in [-0.25, -0.2) is 0 Å². The molecule has 0 bridgehead atoms. The van der Waals surface area contributed by atoms with Gasteiger partial charge in [0.25, 0.3) is 0 Å². The van der Waals surface area contributed by atoms with Crippen LogP contribution in [-0.4, -0.2) is 24.5 Å². The Bertz CT molecular complexity index is 641. The minimum atomic E-state index is -0.108. The molecule has 21 heavy (non-hydrogen) atoms. The number of Topliss-reactive ketones (excluding diaryl/α,β-unsaturated/α-hetero) is 1. The summed E-state index contributed by atoms with van der Waals surface area (Å²) in [6.07, 6.45) is 0. The van der Waals surface area contributed by atoms with Gasteiger partial charge in [-0.2, -0.15) is 0 Å². The molecule has 5 heteroatoms. The van der Waals surface area contributed by atoms with Gasteiger partial charge in [-0.1, -0.05) is 24.3 Å². The van der Waals surface area contributed by atoms with Crippen molar-refractivity contribution in [2.75, 3.05) is 19.0 Å². The Labute approximate surface area is 123 Å². The zero-order valence-electron chi connectivity index (χ0n) is 11.8. The molecule has 0 aliphatic carbocycles. The van der Waals surface area contributed by atoms with Crippen molar-refractivity contribution in [3.8, 4) is 11.5 Å². The first kappa shape index (κ1) is 14.9. The summed E-state index contributed by atoms with van der Waals surface area (Å²) in [6.45, 7) is 0.406. The van der Waals surface area contributed by atoms with Gasteiger partial charge in [-0.15, -0.1) is 0 Å². The van der Waals surface area contributed by atoms with Crippen molar-refractivity contribution in [1.29, 1.82) is 0 Å². The summed E-state index contributed by atoms with van der Waals surface area (Å²) in [5.41, 5.74) is 7.42. The van der Waals surface area contributed by atoms with Crippen LogP contribution in [0.3, 0.4) is 0 Å². The van der Waals surface area contributed by atoms with Crippen molar-refractivity contribution in [3.05, 3.63) is 53.6 Å². The topological polar surface area (TPSA) is 84.6 Å². The zero-order chi connectivity index (χ0) is 15.2. The summed E-state index contributed by atoms with van der Waals surface area (Å²) < 4.78 is 5.07. The van der Waals surface area contributed by atoms with E-state index in [4.69, 9.17) is 10.5 Å². The Balaban J connectivity index is 2.12. The van der Waals surface area contributed by atoms with Crippen molar-refractivity contribution in [3.63, 3.8) is 0 Å². The van der Waals surface area contributed by atoms with Crippen LogP contribution < -0.4 is 15.8 Å². The number of ketones is 1. The maximum atomic E-state index is 11.6. The lowest BCUT2D eigenvalue weighted by atomic mass is 10.1. The number of carbonyl (C=O) groups excluding carboxylic acids is 1. The molecule has 110 valence electrons. The lowest BCUT2D eigenvalue weighted by molar-refractivity contribution is 0.100. The van der Waals surface area contributed by atoms with Gasteiger partial charge >= 0.3 is 0 Å². The second kappa shape index (κ2) is 6.76. The number of hydrogen-bond acceptors (Lipinski definition) is 5. The molecule has 0 unspecified atom stereocenters. The van der Waals surface area contributed by atoms with Crippen LogP contribution >= 0.6 is 0 Å². The molecule has 4 N–H and O–H groups in total. The van der Waals surface area contributed by atoms with Gasteiger partial charge in [-0.05, 0) is 18.2 Å². The van der Waals surface area contributed by atoms with Gasteiger partial charge in [-0.3, -0.25) is 4.79 Å². The predicted molar refractivity (Wildman–Crippen MR) is 81.8 cm³/mol. The van der Waals surface area contributed by atoms with E-state index in [2.05, 4.69) is 5.32 Å². The molecule has 0 amide bonds. The first-order valence-corrected chi connectivity index (χ1v) is 6.57. The molecule has 5 nitrogen and oxygen atoms in total. The molecule has 0 aromatic heterocycles. The van der Waals surface area contributed by atoms with Crippen LogP contribution in [0.5, 0.6) is 11.5 Å². The van der Waals surface area contributed by atoms with Crippen molar-refractivity contribution >= 4 is 11.5 Å². The molecule has 0 aliphatic heterocycles. The SMILES string of the molecule is COc1cccc(CNc2cccc(C(=O)CN)c2)c1O. The van der Waals surface area contributed by atoms with Crippen LogP contribution in [0.1, 0.15) is 15.9 Å². The van der Waals surface area contributed by atoms with E-state index < -0.39 is 0 Å². The zero-order valence-corrected chi connectivity index (χ0v) is 11.8. The van der Waals surface area contributed by atoms with Gasteiger partial charge in [0.2, 0.25) is 0 Å². The Morgan fingerprint density at radius 1 is 1.29 bits per heavy atom. The third kappa shape index (κ3) is 3.52. The highest BCUT2D eigenvalue weighted by atomic mass is 16.5. The fraction of sp³-hybridized carbons (Fsp3) is 0.188. The summed E-state index contributed by atoms with van der Waals surface area (Å²) in [5.74, 6) is 0.436. The fourth-order valence-corrected chi connectivity index (χ4v) is 1.99. The first-order chi connectivity index (χ1) is 10.2. The Morgan fingerprint density at radius 3 is 2.76 bits per heavy atom. The van der Waals surface area contributed by atoms with Gasteiger partial charge in [0.15, 0.2) is 17.3 Å². The molecule has 0 saturated carbocycles. The molecule has 0 spiro atoms. The lowest BCUT2D eigenvalue weighted by Gasteiger charge is -2.11. The molecule has 0 aliphatic rings. The number of ether oxygens (including phenoxy) is 1. The molecule has 0 heterocycles. The van der Waals surface area contributed by atoms with Gasteiger partial charge in [0.05, 0.1) is 13.7 Å². The summed E-state index contributed by atoms with van der Waals surface area (Å²) in [6, 6.07) is 12.4. The number of methoxy groups -OCH3 is 1. The average molecular weight is 286 g/mol. The Morgan fingerprint density at radius 2 is 2.05 bits per heavy atom. The van der Waals surface area contributed by atoms with Crippen LogP contribution in [0, 0.1) is 0 Å². The number of phenolic OH excluding ortho intramolecular Hbond substituents is 1. The largest absolute Gasteiger partial charge is 0.504 e. The van der Waals surface area contributed by atoms with Crippen molar-refractivity contribution in [2.24, 2.45) is 5.73 Å². The first-order valence-electron chi connectivity index (χ1n) is 6.57. The van der Waals surface area contributed by atoms with Gasteiger partial charge in [0.1, 0.15) is 0 Å². The Hall–Kier alpha value is -2.53. The van der Waals surface area contributed by atoms with E-state index in [1.54, 1.807) is 30.3 Å². The molecule has 0 fully saturated rings. The third-order valence-corrected chi connectivity index (χ3v) is 3.16. The third-order valence-electron chi connectivity index (χ3n) is 3.16. The summed E-state index contributed by atoms with van der Waals surface area (Å²) >= 11 is 0. The number of aromatic hydroxyl groups is 1. The second-order valence-corrected chi connectivity index (χ2v) is 4.53. The summed E-state index contributed by atoms with van der Waals surface area (Å²) in [4.78, 5) is 11.6. The maximum absolute atomic E-state index is 11.6. The monoisotopic (exact) mass is 286 g/mol. The second-order valence-electron chi connectivity index (χ2n) is 4.53. The van der Waals surface area contributed by atoms with E-state index in [1.807, 2.05) is 12.1 Å². The number of anilines is 1. The van der Waals surface area contributed by atoms with E-state index in [9.17, 15) is 9.90 Å². The van der Waals surface area contributed by atoms with Crippen LogP contribution in [0.2, 0.25) is 0 Å². The highest BCUT2D eigenvalue weighted by Gasteiger charge is 2.08. The molecule has 2 aromatic carbocycles. The minimum Gasteiger partial charge on any atom is -0.504 e. The number of benzene rings is 2. The molecule has 0 saturated heterocycles. The van der Waals surface area contributed by atoms with Crippen LogP contribution in [0.4, 0.5) is 5.69 Å². The van der Waals surface area contributed by atoms with E-state index in [0.29, 0.717) is 23.4 Å². The van der Waals surface area contributed by atoms with Crippen molar-refractivity contribution in [1.82, 2.24) is 0 Å². The number of phenols is 1. The number of nitrogens with one attached hydrogen (secondary N) is 1. The smallest absolute Gasteiger partial charge is 0.176 e. The molecule has 2 aromatic rings. The highest BCUT2D eigenvalue weighted by Crippen LogP contribution is 2.29. The summed E-state index contributed by atoms with van der Waals surface area (Å²) in [5, 5.41) is 13.2. The number of carbonyl (C=O) groups is 1. The number of rotatable bonds is 6. The quantitative estimate of drug-likeness (QED) is 0.709. The van der Waals surface area contributed by atoms with E-state index >= 15 is 0 Å².